The highest BCUT2D eigenvalue weighted by Gasteiger charge is 1.97. The maximum Gasteiger partial charge on any atom is 0.0340 e. The smallest absolute Gasteiger partial charge is 0.0340 e. The maximum atomic E-state index is 3.14. The van der Waals surface area contributed by atoms with Gasteiger partial charge in [0, 0.05) is 12.7 Å². The summed E-state index contributed by atoms with van der Waals surface area (Å²) in [5.74, 6) is 0. The number of rotatable bonds is 3. The second-order valence-electron chi connectivity index (χ2n) is 3.14. The highest BCUT2D eigenvalue weighted by Crippen LogP contribution is 2.15. The third-order valence-electron chi connectivity index (χ3n) is 2.15. The van der Waals surface area contributed by atoms with E-state index in [2.05, 4.69) is 37.4 Å². The van der Waals surface area contributed by atoms with E-state index in [1.165, 1.54) is 29.7 Å². The van der Waals surface area contributed by atoms with Crippen LogP contribution < -0.4 is 5.32 Å². The maximum absolute atomic E-state index is 3.14. The summed E-state index contributed by atoms with van der Waals surface area (Å²) in [4.78, 5) is 0. The summed E-state index contributed by atoms with van der Waals surface area (Å²) < 4.78 is 0. The molecule has 66 valence electrons. The molecular weight excluding hydrogens is 146 g/mol. The predicted octanol–water partition coefficient (Wildman–Crippen LogP) is 2.99. The van der Waals surface area contributed by atoms with Gasteiger partial charge in [-0.05, 0) is 36.6 Å². The minimum absolute atomic E-state index is 1.19. The van der Waals surface area contributed by atoms with Gasteiger partial charge < -0.3 is 5.32 Å². The lowest BCUT2D eigenvalue weighted by atomic mass is 10.0. The SMILES string of the molecule is CCCc1ccc(NC)cc1C. The molecule has 0 unspecified atom stereocenters. The third kappa shape index (κ3) is 2.00. The first kappa shape index (κ1) is 9.11. The molecule has 0 bridgehead atoms. The van der Waals surface area contributed by atoms with Gasteiger partial charge >= 0.3 is 0 Å². The van der Waals surface area contributed by atoms with Gasteiger partial charge in [0.25, 0.3) is 0 Å². The topological polar surface area (TPSA) is 12.0 Å². The van der Waals surface area contributed by atoms with Gasteiger partial charge in [0.15, 0.2) is 0 Å². The summed E-state index contributed by atoms with van der Waals surface area (Å²) in [7, 11) is 1.95. The zero-order valence-electron chi connectivity index (χ0n) is 8.15. The van der Waals surface area contributed by atoms with Gasteiger partial charge in [0.2, 0.25) is 0 Å². The average Bonchev–Trinajstić information content (AvgIpc) is 2.09. The summed E-state index contributed by atoms with van der Waals surface area (Å²) in [6, 6.07) is 6.55. The van der Waals surface area contributed by atoms with Crippen molar-refractivity contribution >= 4 is 5.69 Å². The first-order valence-electron chi connectivity index (χ1n) is 4.55. The molecule has 0 aromatic heterocycles. The highest BCUT2D eigenvalue weighted by molar-refractivity contribution is 5.47. The van der Waals surface area contributed by atoms with Crippen LogP contribution in [0.1, 0.15) is 24.5 Å². The van der Waals surface area contributed by atoms with Gasteiger partial charge in [0.1, 0.15) is 0 Å². The molecule has 12 heavy (non-hydrogen) atoms. The van der Waals surface area contributed by atoms with E-state index in [9.17, 15) is 0 Å². The number of benzene rings is 1. The second-order valence-corrected chi connectivity index (χ2v) is 3.14. The fourth-order valence-electron chi connectivity index (χ4n) is 1.40. The van der Waals surface area contributed by atoms with E-state index < -0.39 is 0 Å². The standard InChI is InChI=1S/C11H17N/c1-4-5-10-6-7-11(12-3)8-9(10)2/h6-8,12H,4-5H2,1-3H3. The quantitative estimate of drug-likeness (QED) is 0.722. The van der Waals surface area contributed by atoms with Crippen molar-refractivity contribution in [2.75, 3.05) is 12.4 Å². The van der Waals surface area contributed by atoms with Crippen LogP contribution in [0.5, 0.6) is 0 Å². The molecule has 0 fully saturated rings. The first-order valence-corrected chi connectivity index (χ1v) is 4.55. The number of nitrogens with one attached hydrogen (secondary N) is 1. The van der Waals surface area contributed by atoms with Crippen LogP contribution in [0, 0.1) is 6.92 Å². The molecule has 1 aromatic rings. The summed E-state index contributed by atoms with van der Waals surface area (Å²) in [5.41, 5.74) is 4.06. The Bertz CT molecular complexity index is 253. The van der Waals surface area contributed by atoms with E-state index in [-0.39, 0.29) is 0 Å². The Labute approximate surface area is 74.8 Å². The van der Waals surface area contributed by atoms with E-state index in [1.54, 1.807) is 0 Å². The number of hydrogen-bond donors (Lipinski definition) is 1. The van der Waals surface area contributed by atoms with Crippen LogP contribution in [-0.2, 0) is 6.42 Å². The Kier molecular flexibility index (Phi) is 3.15. The Hall–Kier alpha value is -0.980. The second kappa shape index (κ2) is 4.15. The monoisotopic (exact) mass is 163 g/mol. The molecule has 1 nitrogen and oxygen atoms in total. The van der Waals surface area contributed by atoms with Crippen molar-refractivity contribution in [3.8, 4) is 0 Å². The number of aryl methyl sites for hydroxylation is 2. The number of hydrogen-bond acceptors (Lipinski definition) is 1. The van der Waals surface area contributed by atoms with Crippen molar-refractivity contribution in [1.82, 2.24) is 0 Å². The molecule has 0 radical (unpaired) electrons. The lowest BCUT2D eigenvalue weighted by Crippen LogP contribution is -1.92. The van der Waals surface area contributed by atoms with E-state index in [1.807, 2.05) is 7.05 Å². The van der Waals surface area contributed by atoms with Crippen LogP contribution in [0.4, 0.5) is 5.69 Å². The van der Waals surface area contributed by atoms with Crippen LogP contribution in [0.25, 0.3) is 0 Å². The minimum atomic E-state index is 1.19. The molecular formula is C11H17N. The van der Waals surface area contributed by atoms with Gasteiger partial charge in [-0.25, -0.2) is 0 Å². The van der Waals surface area contributed by atoms with Crippen molar-refractivity contribution in [2.45, 2.75) is 26.7 Å². The molecule has 0 aliphatic heterocycles. The first-order chi connectivity index (χ1) is 5.77. The summed E-state index contributed by atoms with van der Waals surface area (Å²) in [6.07, 6.45) is 2.41. The molecule has 0 spiro atoms. The highest BCUT2D eigenvalue weighted by atomic mass is 14.8. The van der Waals surface area contributed by atoms with Crippen molar-refractivity contribution in [2.24, 2.45) is 0 Å². The molecule has 1 heteroatoms. The van der Waals surface area contributed by atoms with Gasteiger partial charge in [0.05, 0.1) is 0 Å². The van der Waals surface area contributed by atoms with Crippen LogP contribution in [0.15, 0.2) is 18.2 Å². The molecule has 1 aromatic carbocycles. The summed E-state index contributed by atoms with van der Waals surface area (Å²) >= 11 is 0. The van der Waals surface area contributed by atoms with E-state index in [4.69, 9.17) is 0 Å². The molecule has 0 saturated heterocycles. The lowest BCUT2D eigenvalue weighted by molar-refractivity contribution is 0.913. The van der Waals surface area contributed by atoms with Gasteiger partial charge in [-0.15, -0.1) is 0 Å². The Morgan fingerprint density at radius 1 is 1.33 bits per heavy atom. The predicted molar refractivity (Wildman–Crippen MR) is 54.7 cm³/mol. The van der Waals surface area contributed by atoms with E-state index >= 15 is 0 Å². The fourth-order valence-corrected chi connectivity index (χ4v) is 1.40. The van der Waals surface area contributed by atoms with Crippen LogP contribution >= 0.6 is 0 Å². The van der Waals surface area contributed by atoms with Crippen molar-refractivity contribution in [3.05, 3.63) is 29.3 Å². The average molecular weight is 163 g/mol. The number of anilines is 1. The third-order valence-corrected chi connectivity index (χ3v) is 2.15. The van der Waals surface area contributed by atoms with Crippen molar-refractivity contribution in [1.29, 1.82) is 0 Å². The van der Waals surface area contributed by atoms with Crippen LogP contribution in [0.3, 0.4) is 0 Å². The van der Waals surface area contributed by atoms with Crippen molar-refractivity contribution in [3.63, 3.8) is 0 Å². The van der Waals surface area contributed by atoms with E-state index in [0.717, 1.165) is 0 Å². The summed E-state index contributed by atoms with van der Waals surface area (Å²) in [6.45, 7) is 4.39. The molecule has 0 atom stereocenters. The van der Waals surface area contributed by atoms with E-state index in [0.29, 0.717) is 0 Å². The fraction of sp³-hybridized carbons (Fsp3) is 0.455. The summed E-state index contributed by atoms with van der Waals surface area (Å²) in [5, 5.41) is 3.14. The Morgan fingerprint density at radius 3 is 2.58 bits per heavy atom. The van der Waals surface area contributed by atoms with Gasteiger partial charge in [-0.1, -0.05) is 19.4 Å². The molecule has 0 aliphatic rings. The Balaban J connectivity index is 2.87. The molecule has 1 N–H and O–H groups in total. The largest absolute Gasteiger partial charge is 0.388 e. The van der Waals surface area contributed by atoms with Crippen molar-refractivity contribution < 1.29 is 0 Å². The van der Waals surface area contributed by atoms with Crippen LogP contribution in [0.2, 0.25) is 0 Å². The molecule has 0 heterocycles. The Morgan fingerprint density at radius 2 is 2.08 bits per heavy atom. The van der Waals surface area contributed by atoms with Crippen LogP contribution in [-0.4, -0.2) is 7.05 Å². The molecule has 1 rings (SSSR count). The van der Waals surface area contributed by atoms with Gasteiger partial charge in [-0.3, -0.25) is 0 Å². The zero-order chi connectivity index (χ0) is 8.97. The molecule has 0 amide bonds. The molecule has 0 aliphatic carbocycles. The lowest BCUT2D eigenvalue weighted by Gasteiger charge is -2.06. The van der Waals surface area contributed by atoms with Gasteiger partial charge in [-0.2, -0.15) is 0 Å². The zero-order valence-corrected chi connectivity index (χ0v) is 8.15. The molecule has 0 saturated carbocycles. The minimum Gasteiger partial charge on any atom is -0.388 e. The normalized spacial score (nSPS) is 9.92.